The van der Waals surface area contributed by atoms with Crippen molar-refractivity contribution < 1.29 is 9.59 Å². The number of aromatic amines is 1. The maximum absolute atomic E-state index is 12.8. The van der Waals surface area contributed by atoms with Gasteiger partial charge in [0.1, 0.15) is 0 Å². The summed E-state index contributed by atoms with van der Waals surface area (Å²) in [6.45, 7) is 6.69. The SMILES string of the molecule is CC(C)CC(CN)C(=O)N1CCN(C(=O)c2n[nH]c3ccccc23)CC1. The highest BCUT2D eigenvalue weighted by Gasteiger charge is 2.30. The minimum Gasteiger partial charge on any atom is -0.339 e. The smallest absolute Gasteiger partial charge is 0.275 e. The maximum atomic E-state index is 12.8. The van der Waals surface area contributed by atoms with Gasteiger partial charge in [0, 0.05) is 38.1 Å². The fourth-order valence-corrected chi connectivity index (χ4v) is 3.53. The van der Waals surface area contributed by atoms with Crippen molar-refractivity contribution in [2.75, 3.05) is 32.7 Å². The number of hydrogen-bond acceptors (Lipinski definition) is 4. The molecule has 26 heavy (non-hydrogen) atoms. The van der Waals surface area contributed by atoms with E-state index in [-0.39, 0.29) is 17.7 Å². The van der Waals surface area contributed by atoms with Crippen LogP contribution in [0.3, 0.4) is 0 Å². The monoisotopic (exact) mass is 357 g/mol. The molecule has 0 saturated carbocycles. The molecule has 0 bridgehead atoms. The molecule has 2 amide bonds. The van der Waals surface area contributed by atoms with Gasteiger partial charge in [-0.25, -0.2) is 0 Å². The van der Waals surface area contributed by atoms with Crippen LogP contribution in [0.2, 0.25) is 0 Å². The molecule has 0 radical (unpaired) electrons. The van der Waals surface area contributed by atoms with Gasteiger partial charge in [0.2, 0.25) is 5.91 Å². The molecule has 140 valence electrons. The summed E-state index contributed by atoms with van der Waals surface area (Å²) in [4.78, 5) is 29.1. The largest absolute Gasteiger partial charge is 0.339 e. The predicted octanol–water partition coefficient (Wildman–Crippen LogP) is 1.47. The molecule has 7 heteroatoms. The minimum absolute atomic E-state index is 0.0906. The van der Waals surface area contributed by atoms with E-state index in [0.29, 0.717) is 44.3 Å². The highest BCUT2D eigenvalue weighted by molar-refractivity contribution is 6.04. The lowest BCUT2D eigenvalue weighted by atomic mass is 9.95. The third-order valence-corrected chi connectivity index (χ3v) is 4.94. The number of rotatable bonds is 5. The molecule has 0 spiro atoms. The molecule has 2 heterocycles. The Morgan fingerprint density at radius 1 is 1.15 bits per heavy atom. The number of piperazine rings is 1. The second-order valence-electron chi connectivity index (χ2n) is 7.30. The molecule has 3 rings (SSSR count). The molecule has 1 aromatic carbocycles. The van der Waals surface area contributed by atoms with Gasteiger partial charge in [0.05, 0.1) is 11.4 Å². The summed E-state index contributed by atoms with van der Waals surface area (Å²) in [5.41, 5.74) is 7.09. The van der Waals surface area contributed by atoms with Gasteiger partial charge in [-0.3, -0.25) is 14.7 Å². The van der Waals surface area contributed by atoms with Gasteiger partial charge >= 0.3 is 0 Å². The average molecular weight is 357 g/mol. The molecule has 1 unspecified atom stereocenters. The second-order valence-corrected chi connectivity index (χ2v) is 7.30. The highest BCUT2D eigenvalue weighted by Crippen LogP contribution is 2.19. The zero-order valence-electron chi connectivity index (χ0n) is 15.4. The number of aromatic nitrogens is 2. The topological polar surface area (TPSA) is 95.3 Å². The van der Waals surface area contributed by atoms with Gasteiger partial charge in [-0.15, -0.1) is 0 Å². The summed E-state index contributed by atoms with van der Waals surface area (Å²) < 4.78 is 0. The van der Waals surface area contributed by atoms with Crippen molar-refractivity contribution in [2.45, 2.75) is 20.3 Å². The first-order chi connectivity index (χ1) is 12.5. The number of benzene rings is 1. The van der Waals surface area contributed by atoms with Crippen LogP contribution in [0.4, 0.5) is 0 Å². The molecule has 1 fully saturated rings. The Hall–Kier alpha value is -2.41. The first kappa shape index (κ1) is 18.4. The molecular formula is C19H27N5O2. The number of nitrogens with one attached hydrogen (secondary N) is 1. The molecule has 1 aromatic heterocycles. The summed E-state index contributed by atoms with van der Waals surface area (Å²) in [7, 11) is 0. The number of carbonyl (C=O) groups excluding carboxylic acids is 2. The van der Waals surface area contributed by atoms with Crippen LogP contribution in [0, 0.1) is 11.8 Å². The summed E-state index contributed by atoms with van der Waals surface area (Å²) in [6.07, 6.45) is 0.799. The van der Waals surface area contributed by atoms with Crippen molar-refractivity contribution in [3.05, 3.63) is 30.0 Å². The number of hydrogen-bond donors (Lipinski definition) is 2. The molecule has 1 saturated heterocycles. The number of nitrogens with zero attached hydrogens (tertiary/aromatic N) is 3. The first-order valence-corrected chi connectivity index (χ1v) is 9.22. The molecule has 1 aliphatic rings. The molecule has 1 aliphatic heterocycles. The van der Waals surface area contributed by atoms with Crippen LogP contribution in [0.25, 0.3) is 10.9 Å². The molecule has 1 atom stereocenters. The van der Waals surface area contributed by atoms with Gasteiger partial charge in [-0.2, -0.15) is 5.10 Å². The van der Waals surface area contributed by atoms with Crippen LogP contribution in [0.1, 0.15) is 30.8 Å². The van der Waals surface area contributed by atoms with Crippen LogP contribution in [-0.2, 0) is 4.79 Å². The molecular weight excluding hydrogens is 330 g/mol. The van der Waals surface area contributed by atoms with Crippen molar-refractivity contribution >= 4 is 22.7 Å². The molecule has 3 N–H and O–H groups in total. The maximum Gasteiger partial charge on any atom is 0.275 e. The standard InChI is InChI=1S/C19H27N5O2/c1-13(2)11-14(12-20)18(25)23-7-9-24(10-8-23)19(26)17-15-5-3-4-6-16(15)21-22-17/h3-6,13-14H,7-12,20H2,1-2H3,(H,21,22). The summed E-state index contributed by atoms with van der Waals surface area (Å²) in [5, 5.41) is 7.92. The van der Waals surface area contributed by atoms with E-state index in [9.17, 15) is 9.59 Å². The Bertz CT molecular complexity index is 777. The van der Waals surface area contributed by atoms with Crippen molar-refractivity contribution in [2.24, 2.45) is 17.6 Å². The third-order valence-electron chi connectivity index (χ3n) is 4.94. The number of H-pyrrole nitrogens is 1. The quantitative estimate of drug-likeness (QED) is 0.847. The average Bonchev–Trinajstić information content (AvgIpc) is 3.09. The van der Waals surface area contributed by atoms with Crippen LogP contribution in [0.15, 0.2) is 24.3 Å². The van der Waals surface area contributed by atoms with Crippen LogP contribution in [0.5, 0.6) is 0 Å². The molecule has 0 aliphatic carbocycles. The van der Waals surface area contributed by atoms with E-state index in [1.165, 1.54) is 0 Å². The fraction of sp³-hybridized carbons (Fsp3) is 0.526. The lowest BCUT2D eigenvalue weighted by Crippen LogP contribution is -2.52. The Morgan fingerprint density at radius 2 is 1.81 bits per heavy atom. The van der Waals surface area contributed by atoms with Gasteiger partial charge in [-0.1, -0.05) is 32.0 Å². The van der Waals surface area contributed by atoms with Crippen LogP contribution < -0.4 is 5.73 Å². The van der Waals surface area contributed by atoms with E-state index in [2.05, 4.69) is 24.0 Å². The van der Waals surface area contributed by atoms with Gasteiger partial charge < -0.3 is 15.5 Å². The minimum atomic E-state index is -0.132. The van der Waals surface area contributed by atoms with Gasteiger partial charge in [0.25, 0.3) is 5.91 Å². The molecule has 2 aromatic rings. The number of nitrogens with two attached hydrogens (primary N) is 1. The van der Waals surface area contributed by atoms with Crippen LogP contribution in [-0.4, -0.2) is 64.5 Å². The summed E-state index contributed by atoms with van der Waals surface area (Å²) in [5.74, 6) is 0.321. The van der Waals surface area contributed by atoms with Crippen molar-refractivity contribution in [1.29, 1.82) is 0 Å². The lowest BCUT2D eigenvalue weighted by Gasteiger charge is -2.36. The molecule has 7 nitrogen and oxygen atoms in total. The number of para-hydroxylation sites is 1. The Kier molecular flexibility index (Phi) is 5.56. The van der Waals surface area contributed by atoms with E-state index in [1.807, 2.05) is 29.2 Å². The van der Waals surface area contributed by atoms with E-state index in [4.69, 9.17) is 5.73 Å². The number of carbonyl (C=O) groups is 2. The zero-order valence-corrected chi connectivity index (χ0v) is 15.4. The zero-order chi connectivity index (χ0) is 18.7. The highest BCUT2D eigenvalue weighted by atomic mass is 16.2. The number of amides is 2. The second kappa shape index (κ2) is 7.86. The number of fused-ring (bicyclic) bond motifs is 1. The predicted molar refractivity (Wildman–Crippen MR) is 101 cm³/mol. The van der Waals surface area contributed by atoms with Crippen molar-refractivity contribution in [3.8, 4) is 0 Å². The van der Waals surface area contributed by atoms with E-state index < -0.39 is 0 Å². The van der Waals surface area contributed by atoms with Crippen LogP contribution >= 0.6 is 0 Å². The Balaban J connectivity index is 1.63. The fourth-order valence-electron chi connectivity index (χ4n) is 3.53. The third kappa shape index (κ3) is 3.72. The van der Waals surface area contributed by atoms with E-state index >= 15 is 0 Å². The summed E-state index contributed by atoms with van der Waals surface area (Å²) in [6, 6.07) is 7.60. The first-order valence-electron chi connectivity index (χ1n) is 9.22. The lowest BCUT2D eigenvalue weighted by molar-refractivity contribution is -0.137. The van der Waals surface area contributed by atoms with E-state index in [1.54, 1.807) is 4.90 Å². The Labute approximate surface area is 153 Å². The summed E-state index contributed by atoms with van der Waals surface area (Å²) >= 11 is 0. The Morgan fingerprint density at radius 3 is 2.46 bits per heavy atom. The van der Waals surface area contributed by atoms with E-state index in [0.717, 1.165) is 17.3 Å². The van der Waals surface area contributed by atoms with Gasteiger partial charge in [-0.05, 0) is 18.4 Å². The van der Waals surface area contributed by atoms with Gasteiger partial charge in [0.15, 0.2) is 5.69 Å². The van der Waals surface area contributed by atoms with Crippen molar-refractivity contribution in [3.63, 3.8) is 0 Å². The van der Waals surface area contributed by atoms with Crippen molar-refractivity contribution in [1.82, 2.24) is 20.0 Å². The normalized spacial score (nSPS) is 16.3.